The Morgan fingerprint density at radius 1 is 1.07 bits per heavy atom. The summed E-state index contributed by atoms with van der Waals surface area (Å²) in [6, 6.07) is 6.70. The summed E-state index contributed by atoms with van der Waals surface area (Å²) in [6.45, 7) is 0.788. The second-order valence-electron chi connectivity index (χ2n) is 5.94. The lowest BCUT2D eigenvalue weighted by Gasteiger charge is -2.12. The van der Waals surface area contributed by atoms with Crippen molar-refractivity contribution in [3.8, 4) is 17.0 Å². The molecule has 0 fully saturated rings. The van der Waals surface area contributed by atoms with E-state index in [4.69, 9.17) is 10.5 Å². The molecule has 0 radical (unpaired) electrons. The molecule has 6 nitrogen and oxygen atoms in total. The molecule has 30 heavy (non-hydrogen) atoms. The van der Waals surface area contributed by atoms with E-state index in [1.165, 1.54) is 12.4 Å². The predicted molar refractivity (Wildman–Crippen MR) is 108 cm³/mol. The van der Waals surface area contributed by atoms with E-state index in [9.17, 15) is 18.0 Å². The molecular formula is C20H18ClF3N4O2. The van der Waals surface area contributed by atoms with E-state index in [1.54, 1.807) is 6.07 Å². The molecule has 0 aliphatic carbocycles. The van der Waals surface area contributed by atoms with Crippen LogP contribution >= 0.6 is 12.4 Å². The number of aromatic nitrogens is 2. The van der Waals surface area contributed by atoms with Crippen LogP contribution in [0.15, 0.2) is 48.8 Å². The highest BCUT2D eigenvalue weighted by Gasteiger charge is 2.20. The zero-order valence-electron chi connectivity index (χ0n) is 15.6. The lowest BCUT2D eigenvalue weighted by molar-refractivity contribution is 0.102. The van der Waals surface area contributed by atoms with E-state index in [2.05, 4.69) is 15.3 Å². The van der Waals surface area contributed by atoms with Crippen LogP contribution in [0.1, 0.15) is 16.9 Å². The number of hydrogen-bond donors (Lipinski definition) is 2. The van der Waals surface area contributed by atoms with Gasteiger partial charge in [-0.25, -0.2) is 18.2 Å². The number of halogens is 4. The number of nitrogens with zero attached hydrogens (tertiary/aromatic N) is 2. The third-order valence-corrected chi connectivity index (χ3v) is 3.91. The van der Waals surface area contributed by atoms with Crippen LogP contribution in [-0.2, 0) is 0 Å². The molecule has 0 aliphatic rings. The molecule has 0 atom stereocenters. The second-order valence-corrected chi connectivity index (χ2v) is 5.94. The van der Waals surface area contributed by atoms with Crippen molar-refractivity contribution >= 4 is 24.0 Å². The number of hydrogen-bond acceptors (Lipinski definition) is 5. The highest BCUT2D eigenvalue weighted by atomic mass is 35.5. The normalized spacial score (nSPS) is 10.3. The van der Waals surface area contributed by atoms with Gasteiger partial charge in [0, 0.05) is 12.3 Å². The van der Waals surface area contributed by atoms with Crippen molar-refractivity contribution in [3.63, 3.8) is 0 Å². The summed E-state index contributed by atoms with van der Waals surface area (Å²) < 4.78 is 47.7. The van der Waals surface area contributed by atoms with Crippen molar-refractivity contribution < 1.29 is 22.7 Å². The molecule has 1 aromatic carbocycles. The number of pyridine rings is 2. The minimum Gasteiger partial charge on any atom is -0.491 e. The van der Waals surface area contributed by atoms with Gasteiger partial charge in [-0.05, 0) is 37.2 Å². The van der Waals surface area contributed by atoms with Crippen LogP contribution in [0.5, 0.6) is 5.75 Å². The number of benzene rings is 1. The molecule has 2 aromatic heterocycles. The Morgan fingerprint density at radius 2 is 1.80 bits per heavy atom. The maximum atomic E-state index is 14.2. The van der Waals surface area contributed by atoms with Crippen LogP contribution < -0.4 is 15.8 Å². The third-order valence-electron chi connectivity index (χ3n) is 3.91. The van der Waals surface area contributed by atoms with Gasteiger partial charge in [-0.15, -0.1) is 12.4 Å². The van der Waals surface area contributed by atoms with Gasteiger partial charge in [0.25, 0.3) is 5.91 Å². The molecule has 0 bridgehead atoms. The summed E-state index contributed by atoms with van der Waals surface area (Å²) in [5, 5.41) is 2.55. The topological polar surface area (TPSA) is 90.1 Å². The molecule has 0 spiro atoms. The quantitative estimate of drug-likeness (QED) is 0.545. The first kappa shape index (κ1) is 23.1. The van der Waals surface area contributed by atoms with Crippen molar-refractivity contribution in [1.82, 2.24) is 9.97 Å². The maximum Gasteiger partial charge on any atom is 0.274 e. The van der Waals surface area contributed by atoms with Crippen LogP contribution in [0.3, 0.4) is 0 Å². The van der Waals surface area contributed by atoms with Gasteiger partial charge in [0.2, 0.25) is 0 Å². The number of carbonyl (C=O) groups is 1. The van der Waals surface area contributed by atoms with E-state index in [0.717, 1.165) is 30.3 Å². The summed E-state index contributed by atoms with van der Waals surface area (Å²) in [5.41, 5.74) is 4.21. The van der Waals surface area contributed by atoms with E-state index >= 15 is 0 Å². The zero-order valence-corrected chi connectivity index (χ0v) is 16.4. The number of rotatable bonds is 7. The molecule has 3 aromatic rings. The number of nitrogens with one attached hydrogen (secondary N) is 1. The summed E-state index contributed by atoms with van der Waals surface area (Å²) in [6.07, 6.45) is 3.48. The number of amides is 1. The zero-order chi connectivity index (χ0) is 20.8. The molecule has 0 saturated carbocycles. The molecule has 0 unspecified atom stereocenters. The van der Waals surface area contributed by atoms with Crippen molar-refractivity contribution in [3.05, 3.63) is 71.9 Å². The molecule has 3 N–H and O–H groups in total. The Kier molecular flexibility index (Phi) is 8.14. The highest BCUT2D eigenvalue weighted by molar-refractivity contribution is 6.03. The van der Waals surface area contributed by atoms with Crippen LogP contribution in [0.25, 0.3) is 11.3 Å². The lowest BCUT2D eigenvalue weighted by Crippen LogP contribution is -2.16. The highest BCUT2D eigenvalue weighted by Crippen LogP contribution is 2.28. The minimum atomic E-state index is -0.989. The van der Waals surface area contributed by atoms with Gasteiger partial charge in [0.15, 0.2) is 0 Å². The Morgan fingerprint density at radius 3 is 2.50 bits per heavy atom. The molecule has 10 heteroatoms. The molecule has 3 rings (SSSR count). The smallest absolute Gasteiger partial charge is 0.274 e. The third kappa shape index (κ3) is 5.25. The van der Waals surface area contributed by atoms with E-state index < -0.39 is 34.6 Å². The van der Waals surface area contributed by atoms with Gasteiger partial charge in [-0.2, -0.15) is 0 Å². The SMILES string of the molecule is Cl.NCCCOc1ccncc1NC(=O)c1ccc(F)c(-c2c(F)cccc2F)n1. The first-order chi connectivity index (χ1) is 14.0. The maximum absolute atomic E-state index is 14.2. The summed E-state index contributed by atoms with van der Waals surface area (Å²) in [7, 11) is 0. The Hall–Kier alpha value is -3.17. The van der Waals surface area contributed by atoms with Gasteiger partial charge < -0.3 is 15.8 Å². The first-order valence-electron chi connectivity index (χ1n) is 8.70. The number of ether oxygens (including phenoxy) is 1. The monoisotopic (exact) mass is 438 g/mol. The average Bonchev–Trinajstić information content (AvgIpc) is 2.70. The number of nitrogens with two attached hydrogens (primary N) is 1. The lowest BCUT2D eigenvalue weighted by atomic mass is 10.1. The molecule has 1 amide bonds. The average molecular weight is 439 g/mol. The molecule has 0 saturated heterocycles. The van der Waals surface area contributed by atoms with Crippen molar-refractivity contribution in [1.29, 1.82) is 0 Å². The number of carbonyl (C=O) groups excluding carboxylic acids is 1. The molecule has 2 heterocycles. The Balaban J connectivity index is 0.00000320. The summed E-state index contributed by atoms with van der Waals surface area (Å²) in [5.74, 6) is -3.30. The van der Waals surface area contributed by atoms with Crippen LogP contribution in [0.2, 0.25) is 0 Å². The van der Waals surface area contributed by atoms with E-state index in [1.807, 2.05) is 0 Å². The van der Waals surface area contributed by atoms with Gasteiger partial charge in [0.1, 0.15) is 40.3 Å². The fourth-order valence-electron chi connectivity index (χ4n) is 2.52. The first-order valence-corrected chi connectivity index (χ1v) is 8.70. The summed E-state index contributed by atoms with van der Waals surface area (Å²) in [4.78, 5) is 20.3. The van der Waals surface area contributed by atoms with Crippen molar-refractivity contribution in [2.45, 2.75) is 6.42 Å². The fraction of sp³-hybridized carbons (Fsp3) is 0.150. The van der Waals surface area contributed by atoms with E-state index in [-0.39, 0.29) is 23.8 Å². The van der Waals surface area contributed by atoms with Gasteiger partial charge in [-0.1, -0.05) is 6.07 Å². The predicted octanol–water partition coefficient (Wildman–Crippen LogP) is 3.96. The molecule has 0 aliphatic heterocycles. The largest absolute Gasteiger partial charge is 0.491 e. The number of anilines is 1. The van der Waals surface area contributed by atoms with Crippen molar-refractivity contribution in [2.75, 3.05) is 18.5 Å². The Bertz CT molecular complexity index is 1020. The van der Waals surface area contributed by atoms with Crippen molar-refractivity contribution in [2.24, 2.45) is 5.73 Å². The van der Waals surface area contributed by atoms with Crippen LogP contribution in [0, 0.1) is 17.5 Å². The van der Waals surface area contributed by atoms with Gasteiger partial charge in [0.05, 0.1) is 18.4 Å². The molecule has 158 valence electrons. The minimum absolute atomic E-state index is 0. The fourth-order valence-corrected chi connectivity index (χ4v) is 2.52. The van der Waals surface area contributed by atoms with Gasteiger partial charge >= 0.3 is 0 Å². The van der Waals surface area contributed by atoms with E-state index in [0.29, 0.717) is 25.3 Å². The summed E-state index contributed by atoms with van der Waals surface area (Å²) >= 11 is 0. The second kappa shape index (κ2) is 10.6. The van der Waals surface area contributed by atoms with Gasteiger partial charge in [-0.3, -0.25) is 9.78 Å². The molecular weight excluding hydrogens is 421 g/mol. The van der Waals surface area contributed by atoms with Crippen LogP contribution in [0.4, 0.5) is 18.9 Å². The standard InChI is InChI=1S/C20H17F3N4O2.ClH/c21-12-3-1-4-13(22)18(12)19-14(23)5-6-15(26-19)20(28)27-16-11-25-9-7-17(16)29-10-2-8-24;/h1,3-7,9,11H,2,8,10,24H2,(H,27,28);1H. The van der Waals surface area contributed by atoms with Crippen LogP contribution in [-0.4, -0.2) is 29.0 Å². The Labute approximate surface area is 176 Å².